The van der Waals surface area contributed by atoms with E-state index in [2.05, 4.69) is 4.85 Å². The van der Waals surface area contributed by atoms with Crippen molar-refractivity contribution in [2.45, 2.75) is 33.1 Å². The van der Waals surface area contributed by atoms with Gasteiger partial charge in [-0.1, -0.05) is 51.1 Å². The molecule has 0 saturated carbocycles. The lowest BCUT2D eigenvalue weighted by atomic mass is 9.87. The molecular weight excluding hydrogens is 351 g/mol. The van der Waals surface area contributed by atoms with Crippen LogP contribution in [0.2, 0.25) is 0 Å². The van der Waals surface area contributed by atoms with Gasteiger partial charge in [0.2, 0.25) is 11.4 Å². The maximum atomic E-state index is 15.0. The zero-order valence-electron chi connectivity index (χ0n) is 16.7. The first-order valence-electron chi connectivity index (χ1n) is 9.24. The molecule has 4 rings (SSSR count). The molecule has 0 bridgehead atoms. The molecule has 140 valence electrons. The topological polar surface area (TPSA) is 21.4 Å². The second-order valence-corrected chi connectivity index (χ2v) is 8.28. The average molecular weight is 373 g/mol. The maximum Gasteiger partial charge on any atom is 0.229 e. The van der Waals surface area contributed by atoms with Crippen molar-refractivity contribution in [3.8, 4) is 11.3 Å². The van der Waals surface area contributed by atoms with E-state index >= 15 is 0 Å². The number of nitrogens with zero attached hydrogens (tertiary/aromatic N) is 2. The predicted octanol–water partition coefficient (Wildman–Crippen LogP) is 6.37. The van der Waals surface area contributed by atoms with Gasteiger partial charge in [0.1, 0.15) is 24.0 Å². The molecule has 0 amide bonds. The minimum atomic E-state index is -0.286. The van der Waals surface area contributed by atoms with Crippen molar-refractivity contribution in [1.29, 1.82) is 0 Å². The van der Waals surface area contributed by atoms with E-state index in [1.54, 1.807) is 12.1 Å². The van der Waals surface area contributed by atoms with Crippen LogP contribution in [0, 0.1) is 19.3 Å². The molecule has 4 aromatic rings. The van der Waals surface area contributed by atoms with Crippen LogP contribution in [0.15, 0.2) is 47.0 Å². The fourth-order valence-corrected chi connectivity index (χ4v) is 3.78. The molecule has 2 heterocycles. The lowest BCUT2D eigenvalue weighted by Crippen LogP contribution is -2.34. The highest BCUT2D eigenvalue weighted by molar-refractivity contribution is 6.12. The van der Waals surface area contributed by atoms with Crippen molar-refractivity contribution in [3.63, 3.8) is 0 Å². The first kappa shape index (κ1) is 18.2. The molecule has 2 aromatic carbocycles. The summed E-state index contributed by atoms with van der Waals surface area (Å²) >= 11 is 0. The van der Waals surface area contributed by atoms with Crippen molar-refractivity contribution in [1.82, 2.24) is 0 Å². The van der Waals surface area contributed by atoms with Gasteiger partial charge in [0.25, 0.3) is 0 Å². The Morgan fingerprint density at radius 2 is 1.79 bits per heavy atom. The Labute approximate surface area is 163 Å². The number of pyridine rings is 1. The third-order valence-electron chi connectivity index (χ3n) is 5.26. The minimum Gasteiger partial charge on any atom is -0.466 e. The highest BCUT2D eigenvalue weighted by atomic mass is 19.1. The summed E-state index contributed by atoms with van der Waals surface area (Å²) in [7, 11) is 1.93. The van der Waals surface area contributed by atoms with E-state index < -0.39 is 0 Å². The molecule has 0 saturated heterocycles. The highest BCUT2D eigenvalue weighted by Crippen LogP contribution is 2.40. The van der Waals surface area contributed by atoms with E-state index in [0.29, 0.717) is 22.4 Å². The van der Waals surface area contributed by atoms with Gasteiger partial charge in [-0.15, -0.1) is 0 Å². The molecule has 0 fully saturated rings. The fourth-order valence-electron chi connectivity index (χ4n) is 3.78. The lowest BCUT2D eigenvalue weighted by Gasteiger charge is -2.18. The molecule has 4 heteroatoms. The van der Waals surface area contributed by atoms with Crippen LogP contribution < -0.4 is 4.57 Å². The normalized spacial score (nSPS) is 11.9. The largest absolute Gasteiger partial charge is 0.466 e. The monoisotopic (exact) mass is 373 g/mol. The fraction of sp³-hybridized carbons (Fsp3) is 0.250. The molecule has 0 unspecified atom stereocenters. The van der Waals surface area contributed by atoms with Gasteiger partial charge in [0, 0.05) is 16.8 Å². The van der Waals surface area contributed by atoms with Crippen molar-refractivity contribution < 1.29 is 13.4 Å². The molecule has 0 aliphatic rings. The summed E-state index contributed by atoms with van der Waals surface area (Å²) < 4.78 is 23.1. The first-order chi connectivity index (χ1) is 13.2. The van der Waals surface area contributed by atoms with Crippen LogP contribution in [-0.2, 0) is 12.5 Å². The molecule has 28 heavy (non-hydrogen) atoms. The van der Waals surface area contributed by atoms with Gasteiger partial charge >= 0.3 is 0 Å². The number of rotatable bonds is 1. The van der Waals surface area contributed by atoms with Crippen LogP contribution in [0.5, 0.6) is 0 Å². The number of benzene rings is 2. The molecule has 0 N–H and O–H groups in total. The summed E-state index contributed by atoms with van der Waals surface area (Å²) in [4.78, 5) is 3.58. The van der Waals surface area contributed by atoms with E-state index in [1.807, 2.05) is 69.8 Å². The summed E-state index contributed by atoms with van der Waals surface area (Å²) in [5.74, 6) is -0.227. The number of hydrogen-bond donors (Lipinski definition) is 0. The molecule has 0 radical (unpaired) electrons. The van der Waals surface area contributed by atoms with Gasteiger partial charge in [-0.3, -0.25) is 0 Å². The van der Waals surface area contributed by atoms with Crippen LogP contribution in [0.3, 0.4) is 0 Å². The van der Waals surface area contributed by atoms with Crippen molar-refractivity contribution in [2.24, 2.45) is 7.05 Å². The zero-order chi connectivity index (χ0) is 20.2. The van der Waals surface area contributed by atoms with Gasteiger partial charge in [-0.05, 0) is 17.9 Å². The van der Waals surface area contributed by atoms with Crippen LogP contribution >= 0.6 is 0 Å². The second kappa shape index (κ2) is 6.17. The van der Waals surface area contributed by atoms with Crippen LogP contribution in [0.4, 0.5) is 10.1 Å². The number of fused-ring (bicyclic) bond motifs is 3. The van der Waals surface area contributed by atoms with Gasteiger partial charge in [0.05, 0.1) is 17.7 Å². The SMILES string of the molecule is [C-]#[N+]c1cccc2c1oc1c(-c3cc(F)c(C(C)(C)C)c[n+]3C)c(C)ccc12. The predicted molar refractivity (Wildman–Crippen MR) is 110 cm³/mol. The minimum absolute atomic E-state index is 0.227. The van der Waals surface area contributed by atoms with Crippen molar-refractivity contribution in [3.05, 3.63) is 71.0 Å². The van der Waals surface area contributed by atoms with Gasteiger partial charge in [-0.2, -0.15) is 0 Å². The summed E-state index contributed by atoms with van der Waals surface area (Å²) in [6.45, 7) is 15.4. The Kier molecular flexibility index (Phi) is 4.01. The number of aryl methyl sites for hydroxylation is 2. The molecule has 0 aliphatic heterocycles. The Bertz CT molecular complexity index is 1290. The molecule has 0 atom stereocenters. The molecule has 0 spiro atoms. The van der Waals surface area contributed by atoms with E-state index in [-0.39, 0.29) is 11.2 Å². The Morgan fingerprint density at radius 1 is 1.07 bits per heavy atom. The number of para-hydroxylation sites is 1. The quantitative estimate of drug-likeness (QED) is 0.280. The van der Waals surface area contributed by atoms with Gasteiger partial charge in [0.15, 0.2) is 6.20 Å². The molecule has 0 aliphatic carbocycles. The van der Waals surface area contributed by atoms with E-state index in [0.717, 1.165) is 27.6 Å². The Hall–Kier alpha value is -3.19. The third kappa shape index (κ3) is 2.66. The van der Waals surface area contributed by atoms with Crippen LogP contribution in [-0.4, -0.2) is 0 Å². The van der Waals surface area contributed by atoms with Crippen LogP contribution in [0.1, 0.15) is 31.9 Å². The smallest absolute Gasteiger partial charge is 0.229 e. The van der Waals surface area contributed by atoms with Gasteiger partial charge in [-0.25, -0.2) is 13.8 Å². The zero-order valence-corrected chi connectivity index (χ0v) is 16.7. The maximum absolute atomic E-state index is 15.0. The van der Waals surface area contributed by atoms with E-state index in [1.165, 1.54) is 0 Å². The molecule has 2 aromatic heterocycles. The highest BCUT2D eigenvalue weighted by Gasteiger charge is 2.27. The Morgan fingerprint density at radius 3 is 2.46 bits per heavy atom. The summed E-state index contributed by atoms with van der Waals surface area (Å²) in [5.41, 5.74) is 4.72. The summed E-state index contributed by atoms with van der Waals surface area (Å²) in [6, 6.07) is 11.2. The van der Waals surface area contributed by atoms with E-state index in [4.69, 9.17) is 11.0 Å². The standard InChI is InChI=1S/C24H22FN2O/c1-14-10-11-16-15-8-7-9-19(26-5)22(15)28-23(16)21(14)20-12-18(25)17(13-27(20)6)24(2,3)4/h7-13H,1-4,6H3/q+1. The first-order valence-corrected chi connectivity index (χ1v) is 9.24. The van der Waals surface area contributed by atoms with Crippen molar-refractivity contribution >= 4 is 27.6 Å². The number of halogens is 1. The molecular formula is C24H22FN2O+. The van der Waals surface area contributed by atoms with Gasteiger partial charge < -0.3 is 4.42 Å². The average Bonchev–Trinajstić information content (AvgIpc) is 3.01. The third-order valence-corrected chi connectivity index (χ3v) is 5.26. The number of furan rings is 1. The Balaban J connectivity index is 2.09. The second-order valence-electron chi connectivity index (χ2n) is 8.28. The van der Waals surface area contributed by atoms with E-state index in [9.17, 15) is 4.39 Å². The molecule has 3 nitrogen and oxygen atoms in total. The lowest BCUT2D eigenvalue weighted by molar-refractivity contribution is -0.661. The van der Waals surface area contributed by atoms with Crippen LogP contribution in [0.25, 0.3) is 38.0 Å². The summed E-state index contributed by atoms with van der Waals surface area (Å²) in [6.07, 6.45) is 1.86. The summed E-state index contributed by atoms with van der Waals surface area (Å²) in [5, 5.41) is 1.83. The van der Waals surface area contributed by atoms with Crippen molar-refractivity contribution in [2.75, 3.05) is 0 Å². The number of hydrogen-bond acceptors (Lipinski definition) is 1. The number of aromatic nitrogens is 1.